The number of nitro benzene ring substituents is 1. The Balaban J connectivity index is 1.75. The number of quaternary nitrogens is 1. The molecule has 2 N–H and O–H groups in total. The van der Waals surface area contributed by atoms with Gasteiger partial charge in [-0.3, -0.25) is 14.9 Å². The summed E-state index contributed by atoms with van der Waals surface area (Å²) in [6.45, 7) is 5.05. The van der Waals surface area contributed by atoms with Gasteiger partial charge in [0.1, 0.15) is 17.6 Å². The number of likely N-dealkylation sites (N-methyl/N-ethyl adjacent to an activating group) is 1. The molecule has 0 bridgehead atoms. The second kappa shape index (κ2) is 8.12. The zero-order valence-electron chi connectivity index (χ0n) is 14.8. The minimum Gasteiger partial charge on any atom is -0.330 e. The van der Waals surface area contributed by atoms with E-state index in [1.165, 1.54) is 40.5 Å². The lowest BCUT2D eigenvalue weighted by Gasteiger charge is -2.22. The summed E-state index contributed by atoms with van der Waals surface area (Å²) < 4.78 is 0. The van der Waals surface area contributed by atoms with E-state index in [0.29, 0.717) is 16.1 Å². The van der Waals surface area contributed by atoms with Crippen LogP contribution in [0.5, 0.6) is 0 Å². The number of nitrogens with zero attached hydrogens (tertiary/aromatic N) is 2. The van der Waals surface area contributed by atoms with E-state index in [2.05, 4.69) is 18.3 Å². The van der Waals surface area contributed by atoms with Crippen LogP contribution in [-0.4, -0.2) is 23.9 Å². The molecule has 1 amide bonds. The molecule has 1 unspecified atom stereocenters. The Morgan fingerprint density at radius 3 is 3.04 bits per heavy atom. The van der Waals surface area contributed by atoms with Gasteiger partial charge >= 0.3 is 0 Å². The SMILES string of the molecule is CC[NH+]1CCc2c(sc(NC(=O)/C=C\c3cccc([N+](=O)[O-])c3)c2C#N)C1. The third-order valence-corrected chi connectivity index (χ3v) is 5.73. The van der Waals surface area contributed by atoms with Crippen LogP contribution in [0.4, 0.5) is 10.7 Å². The Labute approximate surface area is 160 Å². The lowest BCUT2D eigenvalue weighted by atomic mass is 10.0. The molecule has 2 aromatic rings. The first kappa shape index (κ1) is 18.8. The molecule has 138 valence electrons. The highest BCUT2D eigenvalue weighted by Gasteiger charge is 2.26. The molecule has 1 aromatic heterocycles. The Bertz CT molecular complexity index is 958. The van der Waals surface area contributed by atoms with Crippen LogP contribution in [0.25, 0.3) is 6.08 Å². The third kappa shape index (κ3) is 4.22. The first-order valence-electron chi connectivity index (χ1n) is 8.63. The summed E-state index contributed by atoms with van der Waals surface area (Å²) in [5.41, 5.74) is 2.14. The van der Waals surface area contributed by atoms with Crippen molar-refractivity contribution < 1.29 is 14.6 Å². The standard InChI is InChI=1S/C19H18N4O3S/c1-2-22-9-8-15-16(11-20)19(27-17(15)12-22)21-18(24)7-6-13-4-3-5-14(10-13)23(25)26/h3-7,10H,2,8-9,12H2,1H3,(H,21,24)/p+1/b7-6-. The van der Waals surface area contributed by atoms with Crippen LogP contribution < -0.4 is 10.2 Å². The number of hydrogen-bond acceptors (Lipinski definition) is 5. The molecule has 0 saturated heterocycles. The normalized spacial score (nSPS) is 15.9. The first-order valence-corrected chi connectivity index (χ1v) is 9.45. The van der Waals surface area contributed by atoms with Crippen molar-refractivity contribution in [2.24, 2.45) is 0 Å². The van der Waals surface area contributed by atoms with E-state index in [0.717, 1.165) is 36.5 Å². The number of thiophene rings is 1. The molecule has 3 rings (SSSR count). The minimum absolute atomic E-state index is 0.0294. The highest BCUT2D eigenvalue weighted by molar-refractivity contribution is 7.16. The molecule has 7 nitrogen and oxygen atoms in total. The zero-order valence-corrected chi connectivity index (χ0v) is 15.6. The van der Waals surface area contributed by atoms with E-state index in [1.807, 2.05) is 0 Å². The Hall–Kier alpha value is -3.02. The van der Waals surface area contributed by atoms with Crippen molar-refractivity contribution in [3.8, 4) is 6.07 Å². The summed E-state index contributed by atoms with van der Waals surface area (Å²) in [5, 5.41) is 23.7. The maximum absolute atomic E-state index is 12.3. The lowest BCUT2D eigenvalue weighted by molar-refractivity contribution is -0.913. The number of non-ortho nitro benzene ring substituents is 1. The van der Waals surface area contributed by atoms with Crippen LogP contribution in [0.3, 0.4) is 0 Å². The van der Waals surface area contributed by atoms with Crippen molar-refractivity contribution in [3.05, 3.63) is 62.0 Å². The number of nitrogens with one attached hydrogen (secondary N) is 2. The number of nitro groups is 1. The summed E-state index contributed by atoms with van der Waals surface area (Å²) in [6, 6.07) is 8.27. The second-order valence-electron chi connectivity index (χ2n) is 6.27. The van der Waals surface area contributed by atoms with E-state index >= 15 is 0 Å². The molecule has 1 aromatic carbocycles. The fourth-order valence-electron chi connectivity index (χ4n) is 3.11. The lowest BCUT2D eigenvalue weighted by Crippen LogP contribution is -3.11. The van der Waals surface area contributed by atoms with Crippen molar-refractivity contribution in [2.45, 2.75) is 19.9 Å². The molecule has 8 heteroatoms. The fourth-order valence-corrected chi connectivity index (χ4v) is 4.38. The molecular weight excluding hydrogens is 364 g/mol. The molecule has 0 spiro atoms. The van der Waals surface area contributed by atoms with Crippen LogP contribution in [0, 0.1) is 21.4 Å². The summed E-state index contributed by atoms with van der Waals surface area (Å²) >= 11 is 1.46. The van der Waals surface area contributed by atoms with Crippen LogP contribution in [0.15, 0.2) is 30.3 Å². The van der Waals surface area contributed by atoms with E-state index in [4.69, 9.17) is 0 Å². The van der Waals surface area contributed by atoms with Gasteiger partial charge in [-0.05, 0) is 24.1 Å². The summed E-state index contributed by atoms with van der Waals surface area (Å²) in [4.78, 5) is 25.2. The molecule has 0 aliphatic carbocycles. The second-order valence-corrected chi connectivity index (χ2v) is 7.38. The molecule has 1 aliphatic rings. The molecular formula is C19H19N4O3S+. The number of rotatable bonds is 5. The van der Waals surface area contributed by atoms with Crippen molar-refractivity contribution in [3.63, 3.8) is 0 Å². The van der Waals surface area contributed by atoms with Gasteiger partial charge in [-0.25, -0.2) is 0 Å². The topological polar surface area (TPSA) is 100 Å². The molecule has 0 saturated carbocycles. The van der Waals surface area contributed by atoms with E-state index < -0.39 is 4.92 Å². The number of benzene rings is 1. The van der Waals surface area contributed by atoms with Gasteiger partial charge in [0.15, 0.2) is 0 Å². The van der Waals surface area contributed by atoms with Gasteiger partial charge < -0.3 is 10.2 Å². The van der Waals surface area contributed by atoms with Gasteiger partial charge in [0, 0.05) is 24.6 Å². The predicted molar refractivity (Wildman–Crippen MR) is 104 cm³/mol. The van der Waals surface area contributed by atoms with Crippen molar-refractivity contribution in [2.75, 3.05) is 18.4 Å². The zero-order chi connectivity index (χ0) is 19.4. The Kier molecular flexibility index (Phi) is 5.64. The summed E-state index contributed by atoms with van der Waals surface area (Å²) in [5.74, 6) is -0.365. The maximum atomic E-state index is 12.3. The van der Waals surface area contributed by atoms with Gasteiger partial charge in [0.25, 0.3) is 5.69 Å². The van der Waals surface area contributed by atoms with Gasteiger partial charge in [-0.2, -0.15) is 5.26 Å². The molecule has 27 heavy (non-hydrogen) atoms. The molecule has 0 fully saturated rings. The molecule has 0 radical (unpaired) electrons. The highest BCUT2D eigenvalue weighted by atomic mass is 32.1. The highest BCUT2D eigenvalue weighted by Crippen LogP contribution is 2.34. The van der Waals surface area contributed by atoms with Crippen LogP contribution in [0.1, 0.15) is 28.5 Å². The molecule has 1 aliphatic heterocycles. The predicted octanol–water partition coefficient (Wildman–Crippen LogP) is 2.14. The average Bonchev–Trinajstić information content (AvgIpc) is 3.02. The largest absolute Gasteiger partial charge is 0.330 e. The average molecular weight is 383 g/mol. The number of anilines is 1. The minimum atomic E-state index is -0.478. The van der Waals surface area contributed by atoms with E-state index in [9.17, 15) is 20.2 Å². The monoisotopic (exact) mass is 383 g/mol. The Morgan fingerprint density at radius 1 is 1.52 bits per heavy atom. The van der Waals surface area contributed by atoms with E-state index in [1.54, 1.807) is 12.1 Å². The van der Waals surface area contributed by atoms with Crippen molar-refractivity contribution >= 4 is 34.0 Å². The third-order valence-electron chi connectivity index (χ3n) is 4.59. The van der Waals surface area contributed by atoms with Gasteiger partial charge in [0.05, 0.1) is 28.5 Å². The maximum Gasteiger partial charge on any atom is 0.270 e. The summed E-state index contributed by atoms with van der Waals surface area (Å²) in [6.07, 6.45) is 3.69. The van der Waals surface area contributed by atoms with Crippen LogP contribution in [0.2, 0.25) is 0 Å². The number of amides is 1. The first-order chi connectivity index (χ1) is 13.0. The quantitative estimate of drug-likeness (QED) is 0.469. The van der Waals surface area contributed by atoms with Gasteiger partial charge in [0.2, 0.25) is 5.91 Å². The Morgan fingerprint density at radius 2 is 2.33 bits per heavy atom. The number of carbonyl (C=O) groups excluding carboxylic acids is 1. The van der Waals surface area contributed by atoms with Crippen LogP contribution >= 0.6 is 11.3 Å². The van der Waals surface area contributed by atoms with E-state index in [-0.39, 0.29) is 11.6 Å². The number of hydrogen-bond donors (Lipinski definition) is 2. The van der Waals surface area contributed by atoms with Crippen molar-refractivity contribution in [1.29, 1.82) is 5.26 Å². The van der Waals surface area contributed by atoms with Crippen LogP contribution in [-0.2, 0) is 17.8 Å². The van der Waals surface area contributed by atoms with Crippen molar-refractivity contribution in [1.82, 2.24) is 0 Å². The summed E-state index contributed by atoms with van der Waals surface area (Å²) in [7, 11) is 0. The number of nitriles is 1. The fraction of sp³-hybridized carbons (Fsp3) is 0.263. The number of carbonyl (C=O) groups is 1. The smallest absolute Gasteiger partial charge is 0.270 e. The van der Waals surface area contributed by atoms with Gasteiger partial charge in [-0.15, -0.1) is 11.3 Å². The molecule has 2 heterocycles. The van der Waals surface area contributed by atoms with Gasteiger partial charge in [-0.1, -0.05) is 12.1 Å². The number of fused-ring (bicyclic) bond motifs is 1. The molecule has 1 atom stereocenters.